The smallest absolute Gasteiger partial charge is 0.141 e. The molecule has 1 aliphatic rings. The molecular weight excluding hydrogens is 200 g/mol. The quantitative estimate of drug-likeness (QED) is 0.760. The number of nitrogens with zero attached hydrogens (tertiary/aromatic N) is 2. The van der Waals surface area contributed by atoms with Gasteiger partial charge < -0.3 is 0 Å². The lowest BCUT2D eigenvalue weighted by Crippen LogP contribution is -2.45. The normalized spacial score (nSPS) is 21.0. The maximum absolute atomic E-state index is 11.7. The molecule has 3 nitrogen and oxygen atoms in total. The Bertz CT molecular complexity index is 373. The molecule has 0 aliphatic carbocycles. The minimum absolute atomic E-state index is 0.194. The molecule has 0 unspecified atom stereocenters. The first kappa shape index (κ1) is 11.3. The molecule has 0 N–H and O–H groups in total. The van der Waals surface area contributed by atoms with Crippen molar-refractivity contribution >= 4 is 5.78 Å². The Morgan fingerprint density at radius 1 is 1.50 bits per heavy atom. The first-order chi connectivity index (χ1) is 7.58. The van der Waals surface area contributed by atoms with Crippen molar-refractivity contribution in [2.45, 2.75) is 26.8 Å². The van der Waals surface area contributed by atoms with Gasteiger partial charge >= 0.3 is 0 Å². The maximum atomic E-state index is 11.7. The van der Waals surface area contributed by atoms with Gasteiger partial charge in [0.05, 0.1) is 0 Å². The molecule has 16 heavy (non-hydrogen) atoms. The largest absolute Gasteiger partial charge is 0.299 e. The molecule has 86 valence electrons. The van der Waals surface area contributed by atoms with E-state index in [2.05, 4.69) is 16.0 Å². The Kier molecular flexibility index (Phi) is 3.06. The molecule has 2 heterocycles. The van der Waals surface area contributed by atoms with Gasteiger partial charge in [-0.15, -0.1) is 0 Å². The van der Waals surface area contributed by atoms with Crippen molar-refractivity contribution in [2.75, 3.05) is 13.1 Å². The molecule has 1 aliphatic heterocycles. The van der Waals surface area contributed by atoms with E-state index in [1.165, 1.54) is 5.56 Å². The summed E-state index contributed by atoms with van der Waals surface area (Å²) in [5, 5.41) is 0. The van der Waals surface area contributed by atoms with Crippen LogP contribution in [0.4, 0.5) is 0 Å². The Balaban J connectivity index is 2.00. The lowest BCUT2D eigenvalue weighted by atomic mass is 9.82. The first-order valence-corrected chi connectivity index (χ1v) is 5.72. The second-order valence-electron chi connectivity index (χ2n) is 5.13. The van der Waals surface area contributed by atoms with Gasteiger partial charge in [-0.05, 0) is 11.6 Å². The van der Waals surface area contributed by atoms with Crippen molar-refractivity contribution < 1.29 is 4.79 Å². The van der Waals surface area contributed by atoms with Crippen LogP contribution in [0.5, 0.6) is 0 Å². The lowest BCUT2D eigenvalue weighted by Gasteiger charge is -2.36. The lowest BCUT2D eigenvalue weighted by molar-refractivity contribution is -0.131. The third-order valence-electron chi connectivity index (χ3n) is 3.16. The summed E-state index contributed by atoms with van der Waals surface area (Å²) in [5.74, 6) is 0.384. The molecule has 0 spiro atoms. The number of aromatic nitrogens is 1. The van der Waals surface area contributed by atoms with Gasteiger partial charge in [-0.3, -0.25) is 14.7 Å². The van der Waals surface area contributed by atoms with E-state index in [9.17, 15) is 4.79 Å². The summed E-state index contributed by atoms with van der Waals surface area (Å²) in [6.45, 7) is 6.68. The van der Waals surface area contributed by atoms with Crippen molar-refractivity contribution in [1.82, 2.24) is 9.88 Å². The van der Waals surface area contributed by atoms with Crippen LogP contribution in [0.3, 0.4) is 0 Å². The zero-order chi connectivity index (χ0) is 11.6. The third kappa shape index (κ3) is 2.47. The van der Waals surface area contributed by atoms with Crippen molar-refractivity contribution in [3.05, 3.63) is 30.1 Å². The number of pyridine rings is 1. The van der Waals surface area contributed by atoms with E-state index >= 15 is 0 Å². The fourth-order valence-corrected chi connectivity index (χ4v) is 2.21. The van der Waals surface area contributed by atoms with Gasteiger partial charge in [0.15, 0.2) is 0 Å². The molecule has 3 heteroatoms. The van der Waals surface area contributed by atoms with E-state index in [1.807, 2.05) is 26.1 Å². The third-order valence-corrected chi connectivity index (χ3v) is 3.16. The summed E-state index contributed by atoms with van der Waals surface area (Å²) in [6, 6.07) is 4.03. The second-order valence-corrected chi connectivity index (χ2v) is 5.13. The standard InChI is InChI=1S/C13H18N2O/c1-13(2)10-15(7-5-12(13)16)9-11-4-3-6-14-8-11/h3-4,6,8H,5,7,9-10H2,1-2H3. The average molecular weight is 218 g/mol. The second kappa shape index (κ2) is 4.34. The summed E-state index contributed by atoms with van der Waals surface area (Å²) in [5.41, 5.74) is 1.02. The van der Waals surface area contributed by atoms with Gasteiger partial charge in [0.25, 0.3) is 0 Å². The fraction of sp³-hybridized carbons (Fsp3) is 0.538. The SMILES string of the molecule is CC1(C)CN(Cc2cccnc2)CCC1=O. The van der Waals surface area contributed by atoms with Gasteiger partial charge in [0.2, 0.25) is 0 Å². The van der Waals surface area contributed by atoms with E-state index in [-0.39, 0.29) is 5.41 Å². The number of carbonyl (C=O) groups excluding carboxylic acids is 1. The van der Waals surface area contributed by atoms with Gasteiger partial charge in [-0.1, -0.05) is 19.9 Å². The number of Topliss-reactive ketones (excluding diaryl/α,β-unsaturated/α-hetero) is 1. The van der Waals surface area contributed by atoms with Crippen LogP contribution in [-0.2, 0) is 11.3 Å². The van der Waals surface area contributed by atoms with Crippen LogP contribution in [0.2, 0.25) is 0 Å². The molecular formula is C13H18N2O. The highest BCUT2D eigenvalue weighted by Crippen LogP contribution is 2.25. The highest BCUT2D eigenvalue weighted by Gasteiger charge is 2.33. The number of ketones is 1. The molecule has 2 rings (SSSR count). The van der Waals surface area contributed by atoms with Crippen molar-refractivity contribution in [3.8, 4) is 0 Å². The van der Waals surface area contributed by atoms with Crippen LogP contribution in [0.15, 0.2) is 24.5 Å². The van der Waals surface area contributed by atoms with Crippen LogP contribution in [-0.4, -0.2) is 28.8 Å². The highest BCUT2D eigenvalue weighted by molar-refractivity contribution is 5.85. The van der Waals surface area contributed by atoms with E-state index < -0.39 is 0 Å². The monoisotopic (exact) mass is 218 g/mol. The summed E-state index contributed by atoms with van der Waals surface area (Å²) in [7, 11) is 0. The molecule has 1 saturated heterocycles. The van der Waals surface area contributed by atoms with Crippen LogP contribution in [0.25, 0.3) is 0 Å². The van der Waals surface area contributed by atoms with E-state index in [0.717, 1.165) is 19.6 Å². The zero-order valence-electron chi connectivity index (χ0n) is 9.94. The number of rotatable bonds is 2. The number of likely N-dealkylation sites (tertiary alicyclic amines) is 1. The number of piperidine rings is 1. The van der Waals surface area contributed by atoms with E-state index in [0.29, 0.717) is 12.2 Å². The molecule has 1 aromatic rings. The molecule has 0 atom stereocenters. The van der Waals surface area contributed by atoms with E-state index in [1.54, 1.807) is 6.20 Å². The molecule has 0 amide bonds. The maximum Gasteiger partial charge on any atom is 0.141 e. The number of hydrogen-bond acceptors (Lipinski definition) is 3. The molecule has 0 aromatic carbocycles. The Hall–Kier alpha value is -1.22. The molecule has 0 bridgehead atoms. The van der Waals surface area contributed by atoms with Gasteiger partial charge in [0, 0.05) is 43.9 Å². The average Bonchev–Trinajstić information content (AvgIpc) is 2.25. The van der Waals surface area contributed by atoms with Crippen molar-refractivity contribution in [2.24, 2.45) is 5.41 Å². The predicted octanol–water partition coefficient (Wildman–Crippen LogP) is 1.88. The van der Waals surface area contributed by atoms with Crippen LogP contribution in [0.1, 0.15) is 25.8 Å². The van der Waals surface area contributed by atoms with Crippen molar-refractivity contribution in [1.29, 1.82) is 0 Å². The topological polar surface area (TPSA) is 33.2 Å². The van der Waals surface area contributed by atoms with E-state index in [4.69, 9.17) is 0 Å². The number of carbonyl (C=O) groups is 1. The van der Waals surface area contributed by atoms with Crippen LogP contribution >= 0.6 is 0 Å². The molecule has 0 saturated carbocycles. The summed E-state index contributed by atoms with van der Waals surface area (Å²) in [6.07, 6.45) is 4.35. The summed E-state index contributed by atoms with van der Waals surface area (Å²) >= 11 is 0. The molecule has 1 aromatic heterocycles. The molecule has 0 radical (unpaired) electrons. The highest BCUT2D eigenvalue weighted by atomic mass is 16.1. The Morgan fingerprint density at radius 2 is 2.31 bits per heavy atom. The van der Waals surface area contributed by atoms with Crippen LogP contribution < -0.4 is 0 Å². The predicted molar refractivity (Wildman–Crippen MR) is 62.9 cm³/mol. The molecule has 1 fully saturated rings. The summed E-state index contributed by atoms with van der Waals surface area (Å²) in [4.78, 5) is 18.1. The minimum Gasteiger partial charge on any atom is -0.299 e. The van der Waals surface area contributed by atoms with Crippen LogP contribution in [0, 0.1) is 5.41 Å². The summed E-state index contributed by atoms with van der Waals surface area (Å²) < 4.78 is 0. The fourth-order valence-electron chi connectivity index (χ4n) is 2.21. The zero-order valence-corrected chi connectivity index (χ0v) is 9.94. The minimum atomic E-state index is -0.194. The number of hydrogen-bond donors (Lipinski definition) is 0. The Morgan fingerprint density at radius 3 is 2.94 bits per heavy atom. The van der Waals surface area contributed by atoms with Crippen molar-refractivity contribution in [3.63, 3.8) is 0 Å². The van der Waals surface area contributed by atoms with Gasteiger partial charge in [-0.25, -0.2) is 0 Å². The Labute approximate surface area is 96.5 Å². The first-order valence-electron chi connectivity index (χ1n) is 5.72. The van der Waals surface area contributed by atoms with Gasteiger partial charge in [-0.2, -0.15) is 0 Å². The van der Waals surface area contributed by atoms with Gasteiger partial charge in [0.1, 0.15) is 5.78 Å².